The molecule has 0 aromatic heterocycles. The lowest BCUT2D eigenvalue weighted by Crippen LogP contribution is -2.50. The van der Waals surface area contributed by atoms with Crippen LogP contribution in [0.3, 0.4) is 0 Å². The Labute approximate surface area is 149 Å². The van der Waals surface area contributed by atoms with Gasteiger partial charge in [0.05, 0.1) is 6.42 Å². The van der Waals surface area contributed by atoms with E-state index >= 15 is 0 Å². The largest absolute Gasteiger partial charge is 0.352 e. The van der Waals surface area contributed by atoms with Gasteiger partial charge in [-0.25, -0.2) is 0 Å². The van der Waals surface area contributed by atoms with E-state index in [0.717, 1.165) is 43.6 Å². The van der Waals surface area contributed by atoms with Gasteiger partial charge in [0.2, 0.25) is 11.8 Å². The number of amides is 2. The lowest BCUT2D eigenvalue weighted by molar-refractivity contribution is -0.122. The van der Waals surface area contributed by atoms with Crippen molar-refractivity contribution in [1.82, 2.24) is 10.6 Å². The van der Waals surface area contributed by atoms with Crippen molar-refractivity contribution in [2.45, 2.75) is 45.1 Å². The molecule has 0 saturated carbocycles. The van der Waals surface area contributed by atoms with E-state index in [1.165, 1.54) is 5.56 Å². The van der Waals surface area contributed by atoms with Crippen LogP contribution in [0.2, 0.25) is 0 Å². The minimum atomic E-state index is 0. The van der Waals surface area contributed by atoms with Crippen LogP contribution in [0, 0.1) is 5.92 Å². The molecule has 3 N–H and O–H groups in total. The van der Waals surface area contributed by atoms with Crippen LogP contribution in [0.1, 0.15) is 37.3 Å². The van der Waals surface area contributed by atoms with Crippen molar-refractivity contribution in [3.63, 3.8) is 0 Å². The molecule has 1 aromatic carbocycles. The summed E-state index contributed by atoms with van der Waals surface area (Å²) in [6, 6.07) is 6.34. The molecule has 1 fully saturated rings. The van der Waals surface area contributed by atoms with Crippen LogP contribution in [-0.4, -0.2) is 30.9 Å². The first-order valence-corrected chi connectivity index (χ1v) is 8.53. The van der Waals surface area contributed by atoms with Crippen molar-refractivity contribution < 1.29 is 9.59 Å². The van der Waals surface area contributed by atoms with Gasteiger partial charge in [0.1, 0.15) is 0 Å². The molecule has 3 rings (SSSR count). The Bertz CT molecular complexity index is 606. The Morgan fingerprint density at radius 1 is 1.38 bits per heavy atom. The monoisotopic (exact) mass is 351 g/mol. The number of halogens is 1. The van der Waals surface area contributed by atoms with Crippen LogP contribution in [0.15, 0.2) is 18.2 Å². The Kier molecular flexibility index (Phi) is 6.63. The number of hydrogen-bond donors (Lipinski definition) is 3. The van der Waals surface area contributed by atoms with Gasteiger partial charge >= 0.3 is 0 Å². The van der Waals surface area contributed by atoms with Gasteiger partial charge in [0.15, 0.2) is 0 Å². The summed E-state index contributed by atoms with van der Waals surface area (Å²) in [5, 5.41) is 9.32. The molecule has 2 aliphatic rings. The average molecular weight is 352 g/mol. The predicted molar refractivity (Wildman–Crippen MR) is 97.5 cm³/mol. The van der Waals surface area contributed by atoms with Crippen LogP contribution in [0.5, 0.6) is 0 Å². The van der Waals surface area contributed by atoms with E-state index in [-0.39, 0.29) is 30.3 Å². The van der Waals surface area contributed by atoms with E-state index in [1.807, 2.05) is 12.1 Å². The van der Waals surface area contributed by atoms with Crippen molar-refractivity contribution in [3.05, 3.63) is 29.3 Å². The summed E-state index contributed by atoms with van der Waals surface area (Å²) in [5.74, 6) is 0.747. The zero-order valence-corrected chi connectivity index (χ0v) is 14.9. The topological polar surface area (TPSA) is 70.2 Å². The molecule has 0 bridgehead atoms. The van der Waals surface area contributed by atoms with Crippen LogP contribution in [0.25, 0.3) is 0 Å². The van der Waals surface area contributed by atoms with Crippen LogP contribution in [0.4, 0.5) is 5.69 Å². The Balaban J connectivity index is 0.00000208. The summed E-state index contributed by atoms with van der Waals surface area (Å²) in [6.07, 6.45) is 3.84. The van der Waals surface area contributed by atoms with E-state index in [1.54, 1.807) is 0 Å². The van der Waals surface area contributed by atoms with Crippen LogP contribution < -0.4 is 16.0 Å². The highest BCUT2D eigenvalue weighted by atomic mass is 35.5. The zero-order valence-electron chi connectivity index (χ0n) is 14.1. The molecular weight excluding hydrogens is 326 g/mol. The Morgan fingerprint density at radius 2 is 2.21 bits per heavy atom. The fourth-order valence-corrected chi connectivity index (χ4v) is 3.35. The van der Waals surface area contributed by atoms with Gasteiger partial charge in [-0.3, -0.25) is 9.59 Å². The highest BCUT2D eigenvalue weighted by Gasteiger charge is 2.22. The third kappa shape index (κ3) is 4.71. The minimum absolute atomic E-state index is 0. The third-order valence-electron chi connectivity index (χ3n) is 4.84. The standard InChI is InChI=1S/C18H25N3O2.ClH/c1-12-7-8-19-11-16(12)21-17(22)4-2-3-13-5-6-15-14(9-13)10-18(23)20-15;/h5-6,9,12,16,19H,2-4,7-8,10-11H2,1H3,(H,20,23)(H,21,22);1H. The smallest absolute Gasteiger partial charge is 0.228 e. The van der Waals surface area contributed by atoms with E-state index in [2.05, 4.69) is 28.9 Å². The number of fused-ring (bicyclic) bond motifs is 1. The summed E-state index contributed by atoms with van der Waals surface area (Å²) in [4.78, 5) is 23.4. The summed E-state index contributed by atoms with van der Waals surface area (Å²) in [6.45, 7) is 4.12. The number of rotatable bonds is 5. The number of hydrogen-bond acceptors (Lipinski definition) is 3. The molecule has 24 heavy (non-hydrogen) atoms. The number of piperidine rings is 1. The second-order valence-corrected chi connectivity index (χ2v) is 6.71. The molecule has 1 aromatic rings. The summed E-state index contributed by atoms with van der Waals surface area (Å²) in [5.41, 5.74) is 3.19. The molecule has 1 saturated heterocycles. The number of benzene rings is 1. The van der Waals surface area contributed by atoms with Crippen LogP contribution >= 0.6 is 12.4 Å². The molecule has 0 radical (unpaired) electrons. The lowest BCUT2D eigenvalue weighted by Gasteiger charge is -2.30. The lowest BCUT2D eigenvalue weighted by atomic mass is 9.94. The number of nitrogens with one attached hydrogen (secondary N) is 3. The molecule has 5 nitrogen and oxygen atoms in total. The Hall–Kier alpha value is -1.59. The van der Waals surface area contributed by atoms with Gasteiger partial charge in [-0.1, -0.05) is 19.1 Å². The molecule has 2 unspecified atom stereocenters. The highest BCUT2D eigenvalue weighted by Crippen LogP contribution is 2.24. The van der Waals surface area contributed by atoms with Crippen LogP contribution in [-0.2, 0) is 22.4 Å². The number of anilines is 1. The van der Waals surface area contributed by atoms with Gasteiger partial charge in [-0.05, 0) is 48.9 Å². The number of carbonyl (C=O) groups is 2. The van der Waals surface area contributed by atoms with Gasteiger partial charge in [0, 0.05) is 24.7 Å². The van der Waals surface area contributed by atoms with Gasteiger partial charge in [-0.15, -0.1) is 12.4 Å². The molecule has 132 valence electrons. The van der Waals surface area contributed by atoms with Gasteiger partial charge in [0.25, 0.3) is 0 Å². The Morgan fingerprint density at radius 3 is 3.00 bits per heavy atom. The van der Waals surface area contributed by atoms with Gasteiger partial charge in [-0.2, -0.15) is 0 Å². The number of carbonyl (C=O) groups excluding carboxylic acids is 2. The van der Waals surface area contributed by atoms with Crippen molar-refractivity contribution in [3.8, 4) is 0 Å². The predicted octanol–water partition coefficient (Wildman–Crippen LogP) is 2.04. The third-order valence-corrected chi connectivity index (χ3v) is 4.84. The fourth-order valence-electron chi connectivity index (χ4n) is 3.35. The first-order chi connectivity index (χ1) is 11.1. The van der Waals surface area contributed by atoms with Crippen molar-refractivity contribution >= 4 is 29.9 Å². The molecule has 6 heteroatoms. The maximum Gasteiger partial charge on any atom is 0.228 e. The molecule has 2 heterocycles. The van der Waals surface area contributed by atoms with E-state index in [0.29, 0.717) is 18.8 Å². The molecule has 0 aliphatic carbocycles. The van der Waals surface area contributed by atoms with Gasteiger partial charge < -0.3 is 16.0 Å². The second kappa shape index (κ2) is 8.49. The maximum atomic E-state index is 12.1. The first kappa shape index (κ1) is 18.7. The van der Waals surface area contributed by atoms with Crippen molar-refractivity contribution in [2.75, 3.05) is 18.4 Å². The van der Waals surface area contributed by atoms with E-state index in [9.17, 15) is 9.59 Å². The number of aryl methyl sites for hydroxylation is 1. The quantitative estimate of drug-likeness (QED) is 0.760. The van der Waals surface area contributed by atoms with Crippen molar-refractivity contribution in [1.29, 1.82) is 0 Å². The highest BCUT2D eigenvalue weighted by molar-refractivity contribution is 5.99. The molecule has 2 aliphatic heterocycles. The summed E-state index contributed by atoms with van der Waals surface area (Å²) >= 11 is 0. The summed E-state index contributed by atoms with van der Waals surface area (Å²) < 4.78 is 0. The average Bonchev–Trinajstić information content (AvgIpc) is 2.89. The minimum Gasteiger partial charge on any atom is -0.352 e. The second-order valence-electron chi connectivity index (χ2n) is 6.71. The summed E-state index contributed by atoms with van der Waals surface area (Å²) in [7, 11) is 0. The maximum absolute atomic E-state index is 12.1. The molecule has 2 amide bonds. The zero-order chi connectivity index (χ0) is 16.2. The van der Waals surface area contributed by atoms with E-state index in [4.69, 9.17) is 0 Å². The van der Waals surface area contributed by atoms with Crippen molar-refractivity contribution in [2.24, 2.45) is 5.92 Å². The fraction of sp³-hybridized carbons (Fsp3) is 0.556. The van der Waals surface area contributed by atoms with E-state index < -0.39 is 0 Å². The SMILES string of the molecule is CC1CCNCC1NC(=O)CCCc1ccc2c(c1)CC(=O)N2.Cl. The molecule has 2 atom stereocenters. The normalized spacial score (nSPS) is 22.3. The first-order valence-electron chi connectivity index (χ1n) is 8.53. The molecule has 0 spiro atoms. The molecular formula is C18H26ClN3O2.